The van der Waals surface area contributed by atoms with Crippen LogP contribution in [-0.4, -0.2) is 28.0 Å². The maximum atomic E-state index is 14.1. The van der Waals surface area contributed by atoms with Crippen molar-refractivity contribution >= 4 is 33.0 Å². The summed E-state index contributed by atoms with van der Waals surface area (Å²) in [7, 11) is -2.57. The SMILES string of the molecule is COC(=O)c1cc2c(s1)-c1ccc(F)cc1N(S(=O)(=O)c1ccc(C)cc1)CC2. The summed E-state index contributed by atoms with van der Waals surface area (Å²) in [6.07, 6.45) is 0.393. The Balaban J connectivity index is 1.87. The van der Waals surface area contributed by atoms with E-state index in [0.29, 0.717) is 16.9 Å². The van der Waals surface area contributed by atoms with E-state index in [4.69, 9.17) is 4.74 Å². The van der Waals surface area contributed by atoms with Crippen molar-refractivity contribution in [2.24, 2.45) is 0 Å². The number of hydrogen-bond donors (Lipinski definition) is 0. The molecule has 0 spiro atoms. The number of esters is 1. The third-order valence-electron chi connectivity index (χ3n) is 4.86. The Morgan fingerprint density at radius 1 is 1.14 bits per heavy atom. The van der Waals surface area contributed by atoms with Gasteiger partial charge in [-0.15, -0.1) is 11.3 Å². The molecule has 4 rings (SSSR count). The van der Waals surface area contributed by atoms with Crippen molar-refractivity contribution < 1.29 is 22.3 Å². The number of anilines is 1. The quantitative estimate of drug-likeness (QED) is 0.577. The van der Waals surface area contributed by atoms with Gasteiger partial charge in [0.05, 0.1) is 17.7 Å². The van der Waals surface area contributed by atoms with E-state index in [-0.39, 0.29) is 17.1 Å². The molecule has 0 amide bonds. The highest BCUT2D eigenvalue weighted by atomic mass is 32.2. The number of thiophene rings is 1. The Morgan fingerprint density at radius 2 is 1.86 bits per heavy atom. The van der Waals surface area contributed by atoms with E-state index in [9.17, 15) is 17.6 Å². The molecule has 2 aromatic carbocycles. The first-order valence-corrected chi connectivity index (χ1v) is 11.2. The molecule has 1 aliphatic rings. The summed E-state index contributed by atoms with van der Waals surface area (Å²) < 4.78 is 46.9. The second kappa shape index (κ2) is 7.27. The lowest BCUT2D eigenvalue weighted by molar-refractivity contribution is 0.0606. The zero-order chi connectivity index (χ0) is 20.8. The molecule has 0 atom stereocenters. The number of nitrogens with zero attached hydrogens (tertiary/aromatic N) is 1. The summed E-state index contributed by atoms with van der Waals surface area (Å²) in [6, 6.07) is 12.4. The van der Waals surface area contributed by atoms with Gasteiger partial charge in [-0.25, -0.2) is 17.6 Å². The van der Waals surface area contributed by atoms with Crippen molar-refractivity contribution in [2.75, 3.05) is 18.0 Å². The first-order chi connectivity index (χ1) is 13.8. The van der Waals surface area contributed by atoms with E-state index in [2.05, 4.69) is 0 Å². The van der Waals surface area contributed by atoms with Crippen LogP contribution >= 0.6 is 11.3 Å². The second-order valence-electron chi connectivity index (χ2n) is 6.76. The normalized spacial score (nSPS) is 13.4. The first-order valence-electron chi connectivity index (χ1n) is 8.91. The number of fused-ring (bicyclic) bond motifs is 3. The van der Waals surface area contributed by atoms with Crippen LogP contribution in [-0.2, 0) is 21.2 Å². The lowest BCUT2D eigenvalue weighted by atomic mass is 10.1. The van der Waals surface area contributed by atoms with Crippen molar-refractivity contribution in [1.29, 1.82) is 0 Å². The average Bonchev–Trinajstić information content (AvgIpc) is 3.05. The minimum absolute atomic E-state index is 0.136. The van der Waals surface area contributed by atoms with Gasteiger partial charge in [0.25, 0.3) is 10.0 Å². The van der Waals surface area contributed by atoms with Gasteiger partial charge in [0.1, 0.15) is 10.7 Å². The van der Waals surface area contributed by atoms with Gasteiger partial charge in [0, 0.05) is 17.0 Å². The van der Waals surface area contributed by atoms with E-state index in [1.165, 1.54) is 34.9 Å². The molecule has 0 saturated heterocycles. The second-order valence-corrected chi connectivity index (χ2v) is 9.67. The standard InChI is InChI=1S/C21H18FNO4S2/c1-13-3-6-16(7-4-13)29(25,26)23-10-9-14-11-19(21(24)27-2)28-20(14)17-8-5-15(22)12-18(17)23/h3-8,11-12H,9-10H2,1-2H3. The van der Waals surface area contributed by atoms with Crippen LogP contribution in [0.15, 0.2) is 53.4 Å². The van der Waals surface area contributed by atoms with Crippen LogP contribution in [0.5, 0.6) is 0 Å². The molecule has 8 heteroatoms. The van der Waals surface area contributed by atoms with Gasteiger partial charge in [-0.05, 0) is 55.3 Å². The molecule has 0 bridgehead atoms. The van der Waals surface area contributed by atoms with Gasteiger partial charge in [-0.3, -0.25) is 4.31 Å². The summed E-state index contributed by atoms with van der Waals surface area (Å²) in [6.45, 7) is 2.01. The molecule has 3 aromatic rings. The van der Waals surface area contributed by atoms with Crippen molar-refractivity contribution in [3.8, 4) is 10.4 Å². The molecule has 0 radical (unpaired) electrons. The van der Waals surface area contributed by atoms with E-state index in [1.807, 2.05) is 6.92 Å². The zero-order valence-corrected chi connectivity index (χ0v) is 17.4. The summed E-state index contributed by atoms with van der Waals surface area (Å²) in [4.78, 5) is 13.3. The molecule has 0 unspecified atom stereocenters. The number of hydrogen-bond acceptors (Lipinski definition) is 5. The fraction of sp³-hybridized carbons (Fsp3) is 0.190. The molecule has 1 aliphatic heterocycles. The minimum atomic E-state index is -3.88. The summed E-state index contributed by atoms with van der Waals surface area (Å²) in [5.41, 5.74) is 2.63. The fourth-order valence-corrected chi connectivity index (χ4v) is 6.01. The van der Waals surface area contributed by atoms with Crippen LogP contribution in [0.1, 0.15) is 20.8 Å². The molecular formula is C21H18FNO4S2. The van der Waals surface area contributed by atoms with Gasteiger partial charge in [-0.2, -0.15) is 0 Å². The van der Waals surface area contributed by atoms with Crippen LogP contribution in [0.4, 0.5) is 10.1 Å². The van der Waals surface area contributed by atoms with Crippen LogP contribution in [0.3, 0.4) is 0 Å². The Morgan fingerprint density at radius 3 is 2.55 bits per heavy atom. The van der Waals surface area contributed by atoms with Gasteiger partial charge in [0.15, 0.2) is 0 Å². The molecule has 0 N–H and O–H groups in total. The smallest absolute Gasteiger partial charge is 0.348 e. The zero-order valence-electron chi connectivity index (χ0n) is 15.8. The number of aryl methyl sites for hydroxylation is 1. The predicted octanol–water partition coefficient (Wildman–Crippen LogP) is 4.40. The summed E-state index contributed by atoms with van der Waals surface area (Å²) in [5.74, 6) is -0.975. The van der Waals surface area contributed by atoms with Gasteiger partial charge in [0.2, 0.25) is 0 Å². The van der Waals surface area contributed by atoms with Gasteiger partial charge < -0.3 is 4.74 Å². The molecule has 2 heterocycles. The number of sulfonamides is 1. The number of methoxy groups -OCH3 is 1. The molecule has 29 heavy (non-hydrogen) atoms. The molecule has 0 aliphatic carbocycles. The van der Waals surface area contributed by atoms with E-state index < -0.39 is 21.8 Å². The molecule has 1 aromatic heterocycles. The van der Waals surface area contributed by atoms with Crippen LogP contribution in [0.2, 0.25) is 0 Å². The van der Waals surface area contributed by atoms with Crippen LogP contribution in [0, 0.1) is 12.7 Å². The Kier molecular flexibility index (Phi) is 4.92. The van der Waals surface area contributed by atoms with Crippen molar-refractivity contribution in [2.45, 2.75) is 18.2 Å². The average molecular weight is 432 g/mol. The Bertz CT molecular complexity index is 1200. The number of halogens is 1. The summed E-state index contributed by atoms with van der Waals surface area (Å²) in [5, 5.41) is 0. The Hall–Kier alpha value is -2.71. The van der Waals surface area contributed by atoms with Gasteiger partial charge in [-0.1, -0.05) is 17.7 Å². The third kappa shape index (κ3) is 3.42. The topological polar surface area (TPSA) is 63.7 Å². The van der Waals surface area contributed by atoms with Crippen molar-refractivity contribution in [1.82, 2.24) is 0 Å². The minimum Gasteiger partial charge on any atom is -0.465 e. The fourth-order valence-electron chi connectivity index (χ4n) is 3.38. The highest BCUT2D eigenvalue weighted by Gasteiger charge is 2.31. The van der Waals surface area contributed by atoms with Crippen molar-refractivity contribution in [3.05, 3.63) is 70.4 Å². The van der Waals surface area contributed by atoms with E-state index in [1.54, 1.807) is 36.4 Å². The number of carbonyl (C=O) groups excluding carboxylic acids is 1. The summed E-state index contributed by atoms with van der Waals surface area (Å²) >= 11 is 1.22. The predicted molar refractivity (Wildman–Crippen MR) is 110 cm³/mol. The molecule has 0 saturated carbocycles. The highest BCUT2D eigenvalue weighted by molar-refractivity contribution is 7.92. The van der Waals surface area contributed by atoms with Crippen molar-refractivity contribution in [3.63, 3.8) is 0 Å². The third-order valence-corrected chi connectivity index (χ3v) is 7.88. The maximum absolute atomic E-state index is 14.1. The molecule has 0 fully saturated rings. The monoisotopic (exact) mass is 431 g/mol. The van der Waals surface area contributed by atoms with E-state index >= 15 is 0 Å². The first kappa shape index (κ1) is 19.6. The molecule has 150 valence electrons. The number of ether oxygens (including phenoxy) is 1. The van der Waals surface area contributed by atoms with Crippen LogP contribution in [0.25, 0.3) is 10.4 Å². The number of benzene rings is 2. The lowest BCUT2D eigenvalue weighted by Gasteiger charge is -2.24. The van der Waals surface area contributed by atoms with E-state index in [0.717, 1.165) is 16.0 Å². The van der Waals surface area contributed by atoms with Gasteiger partial charge >= 0.3 is 5.97 Å². The molecular weight excluding hydrogens is 413 g/mol. The lowest BCUT2D eigenvalue weighted by Crippen LogP contribution is -2.32. The number of rotatable bonds is 3. The van der Waals surface area contributed by atoms with Crippen LogP contribution < -0.4 is 4.31 Å². The maximum Gasteiger partial charge on any atom is 0.348 e. The highest BCUT2D eigenvalue weighted by Crippen LogP contribution is 2.43. The number of carbonyl (C=O) groups is 1. The molecule has 5 nitrogen and oxygen atoms in total. The largest absolute Gasteiger partial charge is 0.465 e. The Labute approximate surface area is 172 Å².